The Labute approximate surface area is 119 Å². The lowest BCUT2D eigenvalue weighted by molar-refractivity contribution is -0.137. The lowest BCUT2D eigenvalue weighted by Crippen LogP contribution is -2.03. The molecule has 0 saturated carbocycles. The van der Waals surface area contributed by atoms with Gasteiger partial charge in [0.05, 0.1) is 11.1 Å². The van der Waals surface area contributed by atoms with Gasteiger partial charge in [0.25, 0.3) is 0 Å². The highest BCUT2D eigenvalue weighted by Crippen LogP contribution is 2.29. The Morgan fingerprint density at radius 1 is 0.952 bits per heavy atom. The molecule has 0 radical (unpaired) electrons. The molecule has 0 aliphatic rings. The zero-order chi connectivity index (χ0) is 15.5. The summed E-state index contributed by atoms with van der Waals surface area (Å²) in [6.07, 6.45) is -1.23. The third-order valence-electron chi connectivity index (χ3n) is 2.88. The second-order valence-electron chi connectivity index (χ2n) is 4.35. The Balaban J connectivity index is 2.24. The number of carboxylic acids is 1. The molecule has 0 aromatic heterocycles. The van der Waals surface area contributed by atoms with Gasteiger partial charge in [0.1, 0.15) is 0 Å². The van der Waals surface area contributed by atoms with Gasteiger partial charge in [-0.05, 0) is 29.3 Å². The molecule has 0 fully saturated rings. The third-order valence-corrected chi connectivity index (χ3v) is 2.88. The predicted molar refractivity (Wildman–Crippen MR) is 73.8 cm³/mol. The van der Waals surface area contributed by atoms with Crippen LogP contribution in [-0.4, -0.2) is 11.1 Å². The van der Waals surface area contributed by atoms with Crippen LogP contribution in [0.3, 0.4) is 0 Å². The number of benzene rings is 2. The molecule has 0 heterocycles. The Morgan fingerprint density at radius 3 is 2.14 bits per heavy atom. The predicted octanol–water partition coefficient (Wildman–Crippen LogP) is 4.57. The minimum absolute atomic E-state index is 0.140. The van der Waals surface area contributed by atoms with E-state index in [1.165, 1.54) is 18.2 Å². The van der Waals surface area contributed by atoms with Gasteiger partial charge < -0.3 is 5.11 Å². The van der Waals surface area contributed by atoms with Crippen LogP contribution in [0, 0.1) is 0 Å². The van der Waals surface area contributed by atoms with E-state index in [4.69, 9.17) is 5.11 Å². The van der Waals surface area contributed by atoms with E-state index in [2.05, 4.69) is 0 Å². The SMILES string of the molecule is O=C(O)c1ccccc1/C=C/c1ccc(C(F)(F)F)cc1. The average Bonchev–Trinajstić information content (AvgIpc) is 2.45. The third kappa shape index (κ3) is 3.72. The maximum atomic E-state index is 12.4. The first-order chi connectivity index (χ1) is 9.88. The monoisotopic (exact) mass is 292 g/mol. The Morgan fingerprint density at radius 2 is 1.57 bits per heavy atom. The molecule has 0 amide bonds. The van der Waals surface area contributed by atoms with Crippen molar-refractivity contribution in [1.29, 1.82) is 0 Å². The number of hydrogen-bond acceptors (Lipinski definition) is 1. The van der Waals surface area contributed by atoms with Gasteiger partial charge in [0.2, 0.25) is 0 Å². The second-order valence-corrected chi connectivity index (χ2v) is 4.35. The molecular formula is C16H11F3O2. The topological polar surface area (TPSA) is 37.3 Å². The second kappa shape index (κ2) is 5.83. The number of hydrogen-bond donors (Lipinski definition) is 1. The van der Waals surface area contributed by atoms with E-state index in [1.807, 2.05) is 0 Å². The van der Waals surface area contributed by atoms with Gasteiger partial charge in [0.15, 0.2) is 0 Å². The maximum absolute atomic E-state index is 12.4. The van der Waals surface area contributed by atoms with Gasteiger partial charge in [-0.15, -0.1) is 0 Å². The van der Waals surface area contributed by atoms with Crippen LogP contribution in [0.25, 0.3) is 12.2 Å². The standard InChI is InChI=1S/C16H11F3O2/c17-16(18,19)13-9-6-11(7-10-13)5-8-12-3-1-2-4-14(12)15(20)21/h1-10H,(H,20,21)/b8-5+. The van der Waals surface area contributed by atoms with Crippen molar-refractivity contribution in [1.82, 2.24) is 0 Å². The summed E-state index contributed by atoms with van der Waals surface area (Å²) in [5, 5.41) is 9.03. The highest BCUT2D eigenvalue weighted by molar-refractivity contribution is 5.93. The first kappa shape index (κ1) is 14.8. The Kier molecular flexibility index (Phi) is 4.12. The number of alkyl halides is 3. The smallest absolute Gasteiger partial charge is 0.416 e. The number of carbonyl (C=O) groups is 1. The summed E-state index contributed by atoms with van der Waals surface area (Å²) in [6, 6.07) is 11.0. The first-order valence-electron chi connectivity index (χ1n) is 6.05. The van der Waals surface area contributed by atoms with Crippen molar-refractivity contribution >= 4 is 18.1 Å². The van der Waals surface area contributed by atoms with E-state index in [-0.39, 0.29) is 5.56 Å². The molecule has 0 bridgehead atoms. The Hall–Kier alpha value is -2.56. The van der Waals surface area contributed by atoms with Crippen molar-refractivity contribution in [2.75, 3.05) is 0 Å². The summed E-state index contributed by atoms with van der Waals surface area (Å²) in [4.78, 5) is 11.0. The number of carboxylic acid groups (broad SMARTS) is 1. The van der Waals surface area contributed by atoms with E-state index in [1.54, 1.807) is 30.4 Å². The largest absolute Gasteiger partial charge is 0.478 e. The summed E-state index contributed by atoms with van der Waals surface area (Å²) < 4.78 is 37.3. The van der Waals surface area contributed by atoms with Crippen LogP contribution >= 0.6 is 0 Å². The van der Waals surface area contributed by atoms with Crippen LogP contribution in [0.1, 0.15) is 27.0 Å². The zero-order valence-electron chi connectivity index (χ0n) is 10.8. The van der Waals surface area contributed by atoms with Gasteiger partial charge in [-0.25, -0.2) is 4.79 Å². The first-order valence-corrected chi connectivity index (χ1v) is 6.05. The van der Waals surface area contributed by atoms with Gasteiger partial charge in [-0.3, -0.25) is 0 Å². The molecule has 108 valence electrons. The molecule has 0 aliphatic carbocycles. The van der Waals surface area contributed by atoms with Crippen molar-refractivity contribution in [2.24, 2.45) is 0 Å². The number of halogens is 3. The fourth-order valence-corrected chi connectivity index (χ4v) is 1.81. The summed E-state index contributed by atoms with van der Waals surface area (Å²) in [5.74, 6) is -1.05. The average molecular weight is 292 g/mol. The van der Waals surface area contributed by atoms with Gasteiger partial charge in [-0.1, -0.05) is 42.5 Å². The Bertz CT molecular complexity index is 671. The summed E-state index contributed by atoms with van der Waals surface area (Å²) in [6.45, 7) is 0. The molecule has 2 aromatic carbocycles. The minimum atomic E-state index is -4.36. The molecule has 0 spiro atoms. The molecule has 0 saturated heterocycles. The van der Waals surface area contributed by atoms with E-state index < -0.39 is 17.7 Å². The number of rotatable bonds is 3. The zero-order valence-corrected chi connectivity index (χ0v) is 10.8. The van der Waals surface area contributed by atoms with Crippen molar-refractivity contribution in [3.63, 3.8) is 0 Å². The van der Waals surface area contributed by atoms with Crippen molar-refractivity contribution in [3.05, 3.63) is 70.8 Å². The van der Waals surface area contributed by atoms with E-state index in [9.17, 15) is 18.0 Å². The molecule has 0 unspecified atom stereocenters. The lowest BCUT2D eigenvalue weighted by Gasteiger charge is -2.06. The lowest BCUT2D eigenvalue weighted by atomic mass is 10.1. The maximum Gasteiger partial charge on any atom is 0.416 e. The van der Waals surface area contributed by atoms with Crippen molar-refractivity contribution in [2.45, 2.75) is 6.18 Å². The fourth-order valence-electron chi connectivity index (χ4n) is 1.81. The molecule has 2 nitrogen and oxygen atoms in total. The van der Waals surface area contributed by atoms with Gasteiger partial charge in [0, 0.05) is 0 Å². The van der Waals surface area contributed by atoms with Crippen molar-refractivity contribution in [3.8, 4) is 0 Å². The highest BCUT2D eigenvalue weighted by Gasteiger charge is 2.29. The van der Waals surface area contributed by atoms with Crippen LogP contribution in [-0.2, 0) is 6.18 Å². The molecular weight excluding hydrogens is 281 g/mol. The van der Waals surface area contributed by atoms with E-state index in [0.717, 1.165) is 12.1 Å². The van der Waals surface area contributed by atoms with Crippen LogP contribution in [0.5, 0.6) is 0 Å². The summed E-state index contributed by atoms with van der Waals surface area (Å²) >= 11 is 0. The number of aromatic carboxylic acids is 1. The minimum Gasteiger partial charge on any atom is -0.478 e. The molecule has 5 heteroatoms. The normalized spacial score (nSPS) is 11.8. The molecule has 1 N–H and O–H groups in total. The van der Waals surface area contributed by atoms with E-state index >= 15 is 0 Å². The summed E-state index contributed by atoms with van der Waals surface area (Å²) in [7, 11) is 0. The van der Waals surface area contributed by atoms with Crippen LogP contribution in [0.4, 0.5) is 13.2 Å². The highest BCUT2D eigenvalue weighted by atomic mass is 19.4. The quantitative estimate of drug-likeness (QED) is 0.841. The van der Waals surface area contributed by atoms with Crippen LogP contribution < -0.4 is 0 Å². The molecule has 21 heavy (non-hydrogen) atoms. The van der Waals surface area contributed by atoms with E-state index in [0.29, 0.717) is 11.1 Å². The van der Waals surface area contributed by atoms with Gasteiger partial charge in [-0.2, -0.15) is 13.2 Å². The molecule has 0 atom stereocenters. The molecule has 2 aromatic rings. The van der Waals surface area contributed by atoms with Crippen LogP contribution in [0.15, 0.2) is 48.5 Å². The molecule has 2 rings (SSSR count). The summed E-state index contributed by atoms with van der Waals surface area (Å²) in [5.41, 5.74) is 0.472. The van der Waals surface area contributed by atoms with Crippen LogP contribution in [0.2, 0.25) is 0 Å². The fraction of sp³-hybridized carbons (Fsp3) is 0.0625. The van der Waals surface area contributed by atoms with Gasteiger partial charge >= 0.3 is 12.1 Å². The van der Waals surface area contributed by atoms with Crippen molar-refractivity contribution < 1.29 is 23.1 Å². The molecule has 0 aliphatic heterocycles.